The van der Waals surface area contributed by atoms with E-state index < -0.39 is 0 Å². The lowest BCUT2D eigenvalue weighted by Crippen LogP contribution is -2.32. The highest BCUT2D eigenvalue weighted by molar-refractivity contribution is 6.30. The van der Waals surface area contributed by atoms with E-state index >= 15 is 0 Å². The topological polar surface area (TPSA) is 34.5 Å². The van der Waals surface area contributed by atoms with Crippen LogP contribution in [-0.2, 0) is 4.84 Å². The minimum Gasteiger partial charge on any atom is -0.388 e. The molecule has 1 fully saturated rings. The third kappa shape index (κ3) is 3.98. The van der Waals surface area contributed by atoms with Gasteiger partial charge in [0.25, 0.3) is 0 Å². The van der Waals surface area contributed by atoms with Crippen molar-refractivity contribution in [1.29, 1.82) is 0 Å². The lowest BCUT2D eigenvalue weighted by molar-refractivity contribution is -0.0378. The van der Waals surface area contributed by atoms with Crippen LogP contribution in [0, 0.1) is 11.8 Å². The fourth-order valence-electron chi connectivity index (χ4n) is 3.41. The van der Waals surface area contributed by atoms with Gasteiger partial charge >= 0.3 is 0 Å². The molecule has 0 unspecified atom stereocenters. The Balaban J connectivity index is 1.37. The lowest BCUT2D eigenvalue weighted by Gasteiger charge is -2.31. The second kappa shape index (κ2) is 7.35. The molecule has 1 aliphatic heterocycles. The first-order valence-electron chi connectivity index (χ1n) is 8.84. The standard InChI is InChI=1S/C22H19ClN2O/c23-19-5-3-4-17(14-19)7-8-21-16-22(26-25-21)11-9-18(10-12-22)15-20-6-1-2-13-24-20/h1-6,13-15H,9-12,16H2. The average Bonchev–Trinajstić information content (AvgIpc) is 3.06. The van der Waals surface area contributed by atoms with Gasteiger partial charge in [-0.3, -0.25) is 4.98 Å². The van der Waals surface area contributed by atoms with Crippen LogP contribution in [0.4, 0.5) is 0 Å². The number of aromatic nitrogens is 1. The van der Waals surface area contributed by atoms with E-state index in [0.717, 1.165) is 49.1 Å². The Kier molecular flexibility index (Phi) is 4.77. The van der Waals surface area contributed by atoms with E-state index in [1.54, 1.807) is 0 Å². The summed E-state index contributed by atoms with van der Waals surface area (Å²) >= 11 is 6.00. The van der Waals surface area contributed by atoms with Gasteiger partial charge in [0.1, 0.15) is 11.3 Å². The molecule has 0 radical (unpaired) electrons. The highest BCUT2D eigenvalue weighted by atomic mass is 35.5. The Morgan fingerprint density at radius 1 is 1.08 bits per heavy atom. The number of halogens is 1. The molecule has 2 aliphatic rings. The summed E-state index contributed by atoms with van der Waals surface area (Å²) in [6.07, 6.45) is 8.78. The maximum atomic E-state index is 6.00. The van der Waals surface area contributed by atoms with Crippen molar-refractivity contribution in [1.82, 2.24) is 4.98 Å². The molecule has 0 N–H and O–H groups in total. The van der Waals surface area contributed by atoms with Gasteiger partial charge in [-0.05, 0) is 68.0 Å². The fourth-order valence-corrected chi connectivity index (χ4v) is 3.60. The van der Waals surface area contributed by atoms with E-state index in [-0.39, 0.29) is 5.60 Å². The number of hydrogen-bond acceptors (Lipinski definition) is 3. The molecule has 0 amide bonds. The Morgan fingerprint density at radius 2 is 1.96 bits per heavy atom. The molecular weight excluding hydrogens is 344 g/mol. The molecule has 0 atom stereocenters. The number of oxime groups is 1. The third-order valence-electron chi connectivity index (χ3n) is 4.86. The van der Waals surface area contributed by atoms with Crippen molar-refractivity contribution in [3.05, 3.63) is 70.5 Å². The zero-order chi connectivity index (χ0) is 17.8. The van der Waals surface area contributed by atoms with Crippen molar-refractivity contribution in [2.24, 2.45) is 5.16 Å². The summed E-state index contributed by atoms with van der Waals surface area (Å²) in [6, 6.07) is 13.5. The lowest BCUT2D eigenvalue weighted by atomic mass is 9.79. The van der Waals surface area contributed by atoms with Crippen LogP contribution in [0.2, 0.25) is 5.02 Å². The van der Waals surface area contributed by atoms with E-state index in [4.69, 9.17) is 16.4 Å². The Morgan fingerprint density at radius 3 is 2.73 bits per heavy atom. The normalized spacial score (nSPS) is 21.6. The smallest absolute Gasteiger partial charge is 0.144 e. The zero-order valence-corrected chi connectivity index (χ0v) is 15.2. The Hall–Kier alpha value is -2.57. The van der Waals surface area contributed by atoms with Gasteiger partial charge in [0.05, 0.1) is 5.69 Å². The van der Waals surface area contributed by atoms with Crippen molar-refractivity contribution in [2.45, 2.75) is 37.7 Å². The Bertz CT molecular complexity index is 912. The number of benzene rings is 1. The molecule has 1 aromatic carbocycles. The van der Waals surface area contributed by atoms with Crippen LogP contribution in [0.3, 0.4) is 0 Å². The first kappa shape index (κ1) is 16.9. The molecule has 0 bridgehead atoms. The van der Waals surface area contributed by atoms with Crippen molar-refractivity contribution in [3.8, 4) is 11.8 Å². The molecule has 1 aliphatic carbocycles. The number of pyridine rings is 1. The van der Waals surface area contributed by atoms with E-state index in [1.165, 1.54) is 5.57 Å². The number of allylic oxidation sites excluding steroid dienone is 1. The molecule has 1 spiro atoms. The van der Waals surface area contributed by atoms with Crippen molar-refractivity contribution in [2.75, 3.05) is 0 Å². The van der Waals surface area contributed by atoms with Crippen LogP contribution < -0.4 is 0 Å². The molecule has 2 heterocycles. The van der Waals surface area contributed by atoms with E-state index in [0.29, 0.717) is 5.02 Å². The van der Waals surface area contributed by atoms with Gasteiger partial charge in [0.15, 0.2) is 0 Å². The van der Waals surface area contributed by atoms with Crippen LogP contribution in [0.5, 0.6) is 0 Å². The summed E-state index contributed by atoms with van der Waals surface area (Å²) < 4.78 is 0. The van der Waals surface area contributed by atoms with Gasteiger partial charge in [-0.25, -0.2) is 0 Å². The second-order valence-electron chi connectivity index (χ2n) is 6.81. The predicted molar refractivity (Wildman–Crippen MR) is 105 cm³/mol. The molecular formula is C22H19ClN2O. The molecule has 2 aromatic rings. The number of nitrogens with zero attached hydrogens (tertiary/aromatic N) is 2. The molecule has 0 saturated heterocycles. The van der Waals surface area contributed by atoms with Gasteiger partial charge in [-0.2, -0.15) is 0 Å². The average molecular weight is 363 g/mol. The van der Waals surface area contributed by atoms with Gasteiger partial charge in [0.2, 0.25) is 0 Å². The van der Waals surface area contributed by atoms with Gasteiger partial charge in [-0.1, -0.05) is 40.4 Å². The van der Waals surface area contributed by atoms with E-state index in [1.807, 2.05) is 48.7 Å². The molecule has 4 rings (SSSR count). The number of hydrogen-bond donors (Lipinski definition) is 0. The third-order valence-corrected chi connectivity index (χ3v) is 5.09. The van der Waals surface area contributed by atoms with E-state index in [2.05, 4.69) is 28.1 Å². The predicted octanol–water partition coefficient (Wildman–Crippen LogP) is 5.26. The quantitative estimate of drug-likeness (QED) is 0.648. The maximum Gasteiger partial charge on any atom is 0.144 e. The summed E-state index contributed by atoms with van der Waals surface area (Å²) in [4.78, 5) is 10.2. The summed E-state index contributed by atoms with van der Waals surface area (Å²) in [7, 11) is 0. The summed E-state index contributed by atoms with van der Waals surface area (Å²) in [5.74, 6) is 6.27. The molecule has 1 saturated carbocycles. The monoisotopic (exact) mass is 362 g/mol. The zero-order valence-electron chi connectivity index (χ0n) is 14.4. The maximum absolute atomic E-state index is 6.00. The minimum atomic E-state index is -0.181. The molecule has 4 heteroatoms. The molecule has 1 aromatic heterocycles. The summed E-state index contributed by atoms with van der Waals surface area (Å²) in [5, 5.41) is 4.93. The van der Waals surface area contributed by atoms with Crippen molar-refractivity contribution >= 4 is 23.4 Å². The largest absolute Gasteiger partial charge is 0.388 e. The van der Waals surface area contributed by atoms with Gasteiger partial charge in [0, 0.05) is 23.2 Å². The second-order valence-corrected chi connectivity index (χ2v) is 7.24. The summed E-state index contributed by atoms with van der Waals surface area (Å²) in [5.41, 5.74) is 3.98. The van der Waals surface area contributed by atoms with Crippen LogP contribution in [-0.4, -0.2) is 16.3 Å². The van der Waals surface area contributed by atoms with Crippen molar-refractivity contribution in [3.63, 3.8) is 0 Å². The molecule has 130 valence electrons. The van der Waals surface area contributed by atoms with Crippen LogP contribution >= 0.6 is 11.6 Å². The van der Waals surface area contributed by atoms with Gasteiger partial charge in [-0.15, -0.1) is 0 Å². The minimum absolute atomic E-state index is 0.181. The highest BCUT2D eigenvalue weighted by Crippen LogP contribution is 2.40. The first-order valence-corrected chi connectivity index (χ1v) is 9.22. The molecule has 26 heavy (non-hydrogen) atoms. The number of rotatable bonds is 1. The molecule has 3 nitrogen and oxygen atoms in total. The fraction of sp³-hybridized carbons (Fsp3) is 0.273. The highest BCUT2D eigenvalue weighted by Gasteiger charge is 2.40. The Labute approximate surface area is 158 Å². The van der Waals surface area contributed by atoms with Crippen LogP contribution in [0.1, 0.15) is 43.4 Å². The first-order chi connectivity index (χ1) is 12.7. The van der Waals surface area contributed by atoms with Crippen molar-refractivity contribution < 1.29 is 4.84 Å². The van der Waals surface area contributed by atoms with E-state index in [9.17, 15) is 0 Å². The van der Waals surface area contributed by atoms with Gasteiger partial charge < -0.3 is 4.84 Å². The van der Waals surface area contributed by atoms with Crippen LogP contribution in [0.25, 0.3) is 6.08 Å². The summed E-state index contributed by atoms with van der Waals surface area (Å²) in [6.45, 7) is 0. The SMILES string of the molecule is Clc1cccc(C#CC2=NOC3(CCC(=Cc4ccccn4)CC3)C2)c1. The van der Waals surface area contributed by atoms with Crippen LogP contribution in [0.15, 0.2) is 59.4 Å².